The molecule has 9 heteroatoms. The number of hydrogen-bond acceptors (Lipinski definition) is 5. The fourth-order valence-electron chi connectivity index (χ4n) is 3.52. The topological polar surface area (TPSA) is 81.3 Å². The molecule has 1 fully saturated rings. The summed E-state index contributed by atoms with van der Waals surface area (Å²) < 4.78 is 47.3. The number of anilines is 1. The lowest BCUT2D eigenvalue weighted by molar-refractivity contribution is 0.0706. The second-order valence-electron chi connectivity index (χ2n) is 7.27. The monoisotopic (exact) mass is 428 g/mol. The molecule has 1 amide bonds. The van der Waals surface area contributed by atoms with Gasteiger partial charge in [-0.25, -0.2) is 13.2 Å². The van der Waals surface area contributed by atoms with E-state index in [4.69, 9.17) is 10.5 Å². The lowest BCUT2D eigenvalue weighted by Gasteiger charge is -2.31. The van der Waals surface area contributed by atoms with Crippen LogP contribution >= 0.6 is 0 Å². The average molecular weight is 428 g/mol. The maximum absolute atomic E-state index is 14.6. The largest absolute Gasteiger partial charge is 0.454 e. The number of carbonyl (C=O) groups is 1. The number of benzene rings is 2. The molecule has 160 valence electrons. The Morgan fingerprint density at radius 3 is 2.32 bits per heavy atom. The third-order valence-corrected chi connectivity index (χ3v) is 5.20. The quantitative estimate of drug-likeness (QED) is 0.671. The molecule has 3 aromatic rings. The van der Waals surface area contributed by atoms with E-state index < -0.39 is 23.4 Å². The van der Waals surface area contributed by atoms with Crippen LogP contribution in [0.5, 0.6) is 11.5 Å². The van der Waals surface area contributed by atoms with Gasteiger partial charge in [-0.15, -0.1) is 5.10 Å². The van der Waals surface area contributed by atoms with Gasteiger partial charge < -0.3 is 15.4 Å². The fraction of sp³-hybridized carbons (Fsp3) is 0.227. The number of aromatic nitrogens is 2. The summed E-state index contributed by atoms with van der Waals surface area (Å²) >= 11 is 0. The Morgan fingerprint density at radius 2 is 1.68 bits per heavy atom. The molecular formula is C22H19F3N4O2. The van der Waals surface area contributed by atoms with Crippen molar-refractivity contribution in [3.63, 3.8) is 0 Å². The van der Waals surface area contributed by atoms with Gasteiger partial charge in [-0.2, -0.15) is 5.10 Å². The van der Waals surface area contributed by atoms with Crippen LogP contribution in [0.1, 0.15) is 34.8 Å². The molecule has 0 atom stereocenters. The summed E-state index contributed by atoms with van der Waals surface area (Å²) in [4.78, 5) is 14.2. The predicted octanol–water partition coefficient (Wildman–Crippen LogP) is 4.29. The van der Waals surface area contributed by atoms with E-state index in [1.807, 2.05) is 0 Å². The number of carbonyl (C=O) groups excluding carboxylic acids is 1. The van der Waals surface area contributed by atoms with Crippen LogP contribution in [0.15, 0.2) is 48.5 Å². The third-order valence-electron chi connectivity index (χ3n) is 5.20. The number of halogens is 3. The number of hydrogen-bond donors (Lipinski definition) is 1. The minimum Gasteiger partial charge on any atom is -0.454 e. The molecule has 0 bridgehead atoms. The van der Waals surface area contributed by atoms with Gasteiger partial charge in [-0.05, 0) is 55.3 Å². The molecule has 2 heterocycles. The first-order valence-corrected chi connectivity index (χ1v) is 9.71. The summed E-state index contributed by atoms with van der Waals surface area (Å²) in [6.45, 7) is 0.759. The Kier molecular flexibility index (Phi) is 5.75. The molecule has 4 rings (SSSR count). The Bertz CT molecular complexity index is 1080. The van der Waals surface area contributed by atoms with E-state index in [1.165, 1.54) is 17.0 Å². The lowest BCUT2D eigenvalue weighted by atomic mass is 9.93. The van der Waals surface area contributed by atoms with Crippen molar-refractivity contribution < 1.29 is 22.7 Å². The van der Waals surface area contributed by atoms with E-state index in [1.54, 1.807) is 12.1 Å². The van der Waals surface area contributed by atoms with E-state index >= 15 is 0 Å². The first kappa shape index (κ1) is 20.6. The van der Waals surface area contributed by atoms with Gasteiger partial charge >= 0.3 is 0 Å². The molecule has 1 aliphatic rings. The maximum atomic E-state index is 14.6. The van der Waals surface area contributed by atoms with Crippen molar-refractivity contribution in [1.82, 2.24) is 15.1 Å². The highest BCUT2D eigenvalue weighted by Crippen LogP contribution is 2.30. The number of ether oxygens (including phenoxy) is 1. The minimum atomic E-state index is -0.893. The van der Waals surface area contributed by atoms with Crippen molar-refractivity contribution in [3.05, 3.63) is 77.2 Å². The van der Waals surface area contributed by atoms with Gasteiger partial charge in [-0.1, -0.05) is 0 Å². The van der Waals surface area contributed by atoms with Gasteiger partial charge in [0.05, 0.1) is 11.3 Å². The summed E-state index contributed by atoms with van der Waals surface area (Å²) in [5.74, 6) is -2.64. The van der Waals surface area contributed by atoms with Crippen LogP contribution in [0.4, 0.5) is 19.0 Å². The summed E-state index contributed by atoms with van der Waals surface area (Å²) in [6.07, 6.45) is 1.25. The van der Waals surface area contributed by atoms with Crippen LogP contribution in [-0.2, 0) is 0 Å². The number of piperidine rings is 1. The van der Waals surface area contributed by atoms with E-state index in [-0.39, 0.29) is 23.0 Å². The lowest BCUT2D eigenvalue weighted by Crippen LogP contribution is -2.38. The minimum absolute atomic E-state index is 0.116. The average Bonchev–Trinajstić information content (AvgIpc) is 2.78. The second kappa shape index (κ2) is 8.63. The molecule has 0 radical (unpaired) electrons. The number of likely N-dealkylation sites (tertiary alicyclic amines) is 1. The number of rotatable bonds is 4. The van der Waals surface area contributed by atoms with E-state index in [0.29, 0.717) is 31.7 Å². The maximum Gasteiger partial charge on any atom is 0.256 e. The van der Waals surface area contributed by atoms with E-state index in [0.717, 1.165) is 30.0 Å². The highest BCUT2D eigenvalue weighted by Gasteiger charge is 2.28. The summed E-state index contributed by atoms with van der Waals surface area (Å²) in [5, 5.41) is 7.93. The number of amides is 1. The zero-order valence-electron chi connectivity index (χ0n) is 16.4. The molecule has 1 aromatic heterocycles. The molecule has 0 unspecified atom stereocenters. The number of nitrogen functional groups attached to an aromatic ring is 1. The van der Waals surface area contributed by atoms with Crippen molar-refractivity contribution in [2.45, 2.75) is 18.8 Å². The highest BCUT2D eigenvalue weighted by molar-refractivity contribution is 5.94. The zero-order valence-corrected chi connectivity index (χ0v) is 16.4. The van der Waals surface area contributed by atoms with Crippen molar-refractivity contribution >= 4 is 11.7 Å². The van der Waals surface area contributed by atoms with Crippen LogP contribution in [-0.4, -0.2) is 34.1 Å². The van der Waals surface area contributed by atoms with Gasteiger partial charge in [0, 0.05) is 25.1 Å². The van der Waals surface area contributed by atoms with Crippen LogP contribution in [0.25, 0.3) is 0 Å². The van der Waals surface area contributed by atoms with Crippen molar-refractivity contribution in [2.75, 3.05) is 18.8 Å². The molecule has 2 aromatic carbocycles. The van der Waals surface area contributed by atoms with Gasteiger partial charge in [0.15, 0.2) is 11.6 Å². The summed E-state index contributed by atoms with van der Waals surface area (Å²) in [5.41, 5.74) is 5.98. The molecule has 0 spiro atoms. The van der Waals surface area contributed by atoms with Crippen LogP contribution in [0, 0.1) is 17.5 Å². The second-order valence-corrected chi connectivity index (χ2v) is 7.27. The first-order valence-electron chi connectivity index (χ1n) is 9.71. The SMILES string of the molecule is Nc1ccc(C2CCN(C(=O)c3cc(F)c(Oc4ccc(F)cc4)cc3F)CC2)nn1. The Labute approximate surface area is 176 Å². The molecular weight excluding hydrogens is 409 g/mol. The molecule has 6 nitrogen and oxygen atoms in total. The molecule has 0 saturated carbocycles. The number of nitrogens with zero attached hydrogens (tertiary/aromatic N) is 3. The predicted molar refractivity (Wildman–Crippen MR) is 107 cm³/mol. The normalized spacial score (nSPS) is 14.5. The molecule has 1 saturated heterocycles. The van der Waals surface area contributed by atoms with E-state index in [2.05, 4.69) is 10.2 Å². The van der Waals surface area contributed by atoms with Crippen LogP contribution in [0.3, 0.4) is 0 Å². The smallest absolute Gasteiger partial charge is 0.256 e. The Balaban J connectivity index is 1.44. The van der Waals surface area contributed by atoms with Gasteiger partial charge in [0.25, 0.3) is 5.91 Å². The number of nitrogens with two attached hydrogens (primary N) is 1. The zero-order chi connectivity index (χ0) is 22.0. The van der Waals surface area contributed by atoms with Crippen molar-refractivity contribution in [1.29, 1.82) is 0 Å². The molecule has 31 heavy (non-hydrogen) atoms. The third kappa shape index (κ3) is 4.60. The summed E-state index contributed by atoms with van der Waals surface area (Å²) in [7, 11) is 0. The first-order chi connectivity index (χ1) is 14.9. The Morgan fingerprint density at radius 1 is 0.968 bits per heavy atom. The molecule has 2 N–H and O–H groups in total. The van der Waals surface area contributed by atoms with Gasteiger partial charge in [-0.3, -0.25) is 4.79 Å². The standard InChI is InChI=1S/C22H19F3N4O2/c23-14-1-3-15(4-2-14)31-20-12-17(24)16(11-18(20)25)22(30)29-9-7-13(8-10-29)19-5-6-21(26)28-27-19/h1-6,11-13H,7-10H2,(H2,26,28). The van der Waals surface area contributed by atoms with E-state index in [9.17, 15) is 18.0 Å². The van der Waals surface area contributed by atoms with Crippen LogP contribution in [0.2, 0.25) is 0 Å². The van der Waals surface area contributed by atoms with Gasteiger partial charge in [0.1, 0.15) is 23.2 Å². The van der Waals surface area contributed by atoms with Gasteiger partial charge in [0.2, 0.25) is 0 Å². The van der Waals surface area contributed by atoms with Crippen molar-refractivity contribution in [3.8, 4) is 11.5 Å². The summed E-state index contributed by atoms with van der Waals surface area (Å²) in [6, 6.07) is 9.99. The van der Waals surface area contributed by atoms with Crippen molar-refractivity contribution in [2.24, 2.45) is 0 Å². The van der Waals surface area contributed by atoms with Crippen LogP contribution < -0.4 is 10.5 Å². The Hall–Kier alpha value is -3.62. The fourth-order valence-corrected chi connectivity index (χ4v) is 3.52. The molecule has 0 aliphatic carbocycles. The highest BCUT2D eigenvalue weighted by atomic mass is 19.1. The molecule has 1 aliphatic heterocycles.